The summed E-state index contributed by atoms with van der Waals surface area (Å²) in [7, 11) is 1.85. The van der Waals surface area contributed by atoms with Crippen LogP contribution in [0.5, 0.6) is 0 Å². The van der Waals surface area contributed by atoms with Crippen LogP contribution in [-0.2, 0) is 13.2 Å². The Morgan fingerprint density at radius 1 is 1.00 bits per heavy atom. The Bertz CT molecular complexity index is 1310. The summed E-state index contributed by atoms with van der Waals surface area (Å²) in [6.45, 7) is 4.15. The molecule has 2 amide bonds. The SMILES string of the molecule is CC(C)c1cc(-c2ccc(NC(=O)Nc3cccc(C(F)(F)F)c3)cc2)c2cnn(C)c2n1. The van der Waals surface area contributed by atoms with Crippen molar-refractivity contribution in [3.05, 3.63) is 72.1 Å². The van der Waals surface area contributed by atoms with Crippen LogP contribution in [0.25, 0.3) is 22.2 Å². The average molecular weight is 453 g/mol. The van der Waals surface area contributed by atoms with Crippen LogP contribution in [0.3, 0.4) is 0 Å². The van der Waals surface area contributed by atoms with Gasteiger partial charge in [-0.25, -0.2) is 9.78 Å². The molecular formula is C24H22F3N5O. The second kappa shape index (κ2) is 8.57. The zero-order valence-corrected chi connectivity index (χ0v) is 18.2. The highest BCUT2D eigenvalue weighted by atomic mass is 19.4. The van der Waals surface area contributed by atoms with Crippen LogP contribution in [-0.4, -0.2) is 20.8 Å². The van der Waals surface area contributed by atoms with E-state index < -0.39 is 17.8 Å². The van der Waals surface area contributed by atoms with E-state index in [9.17, 15) is 18.0 Å². The number of hydrogen-bond acceptors (Lipinski definition) is 3. The molecule has 0 aliphatic heterocycles. The van der Waals surface area contributed by atoms with Crippen molar-refractivity contribution in [2.45, 2.75) is 25.9 Å². The molecule has 0 saturated heterocycles. The first-order chi connectivity index (χ1) is 15.6. The second-order valence-electron chi connectivity index (χ2n) is 7.99. The molecule has 0 saturated carbocycles. The fourth-order valence-corrected chi connectivity index (χ4v) is 3.47. The maximum absolute atomic E-state index is 12.9. The van der Waals surface area contributed by atoms with Crippen molar-refractivity contribution < 1.29 is 18.0 Å². The molecule has 4 rings (SSSR count). The Hall–Kier alpha value is -3.88. The van der Waals surface area contributed by atoms with Crippen LogP contribution in [0.2, 0.25) is 0 Å². The van der Waals surface area contributed by atoms with Crippen molar-refractivity contribution in [1.82, 2.24) is 14.8 Å². The summed E-state index contributed by atoms with van der Waals surface area (Å²) >= 11 is 0. The van der Waals surface area contributed by atoms with Crippen molar-refractivity contribution in [2.75, 3.05) is 10.6 Å². The van der Waals surface area contributed by atoms with E-state index in [-0.39, 0.29) is 11.6 Å². The lowest BCUT2D eigenvalue weighted by molar-refractivity contribution is -0.137. The maximum atomic E-state index is 12.9. The van der Waals surface area contributed by atoms with Gasteiger partial charge in [-0.15, -0.1) is 0 Å². The number of amides is 2. The first-order valence-electron chi connectivity index (χ1n) is 10.3. The lowest BCUT2D eigenvalue weighted by Gasteiger charge is -2.12. The average Bonchev–Trinajstić information content (AvgIpc) is 3.14. The number of anilines is 2. The number of alkyl halides is 3. The summed E-state index contributed by atoms with van der Waals surface area (Å²) < 4.78 is 40.3. The number of aryl methyl sites for hydroxylation is 1. The molecule has 0 spiro atoms. The fraction of sp³-hybridized carbons (Fsp3) is 0.208. The number of halogens is 3. The van der Waals surface area contributed by atoms with Gasteiger partial charge in [-0.05, 0) is 53.4 Å². The van der Waals surface area contributed by atoms with Gasteiger partial charge in [-0.2, -0.15) is 18.3 Å². The third-order valence-corrected chi connectivity index (χ3v) is 5.22. The largest absolute Gasteiger partial charge is 0.416 e. The van der Waals surface area contributed by atoms with E-state index in [2.05, 4.69) is 29.6 Å². The molecule has 0 unspecified atom stereocenters. The number of urea groups is 1. The molecular weight excluding hydrogens is 431 g/mol. The molecule has 4 aromatic rings. The van der Waals surface area contributed by atoms with Gasteiger partial charge in [0.15, 0.2) is 5.65 Å². The maximum Gasteiger partial charge on any atom is 0.416 e. The van der Waals surface area contributed by atoms with Gasteiger partial charge in [0.25, 0.3) is 0 Å². The standard InChI is InChI=1S/C24H22F3N5O/c1-14(2)21-12-19(20-13-28-32(3)22(20)31-21)15-7-9-17(10-8-15)29-23(33)30-18-6-4-5-16(11-18)24(25,26)27/h4-14H,1-3H3,(H2,29,30,33). The van der Waals surface area contributed by atoms with Crippen LogP contribution in [0.15, 0.2) is 60.8 Å². The lowest BCUT2D eigenvalue weighted by Crippen LogP contribution is -2.19. The van der Waals surface area contributed by atoms with E-state index in [1.807, 2.05) is 25.2 Å². The van der Waals surface area contributed by atoms with Gasteiger partial charge >= 0.3 is 12.2 Å². The number of carbonyl (C=O) groups excluding carboxylic acids is 1. The number of rotatable bonds is 4. The normalized spacial score (nSPS) is 11.7. The second-order valence-corrected chi connectivity index (χ2v) is 7.99. The summed E-state index contributed by atoms with van der Waals surface area (Å²) in [5, 5.41) is 10.3. The summed E-state index contributed by atoms with van der Waals surface area (Å²) in [5.41, 5.74) is 3.38. The van der Waals surface area contributed by atoms with Crippen LogP contribution in [0.4, 0.5) is 29.3 Å². The summed E-state index contributed by atoms with van der Waals surface area (Å²) in [4.78, 5) is 17.0. The molecule has 2 aromatic heterocycles. The Kier molecular flexibility index (Phi) is 5.80. The third kappa shape index (κ3) is 4.82. The number of carbonyl (C=O) groups is 1. The van der Waals surface area contributed by atoms with Gasteiger partial charge in [0.05, 0.1) is 11.8 Å². The number of hydrogen-bond donors (Lipinski definition) is 2. The van der Waals surface area contributed by atoms with Gasteiger partial charge in [0.2, 0.25) is 0 Å². The molecule has 9 heteroatoms. The molecule has 170 valence electrons. The van der Waals surface area contributed by atoms with Gasteiger partial charge in [0.1, 0.15) is 0 Å². The van der Waals surface area contributed by atoms with E-state index in [1.165, 1.54) is 12.1 Å². The van der Waals surface area contributed by atoms with E-state index in [1.54, 1.807) is 23.0 Å². The zero-order valence-electron chi connectivity index (χ0n) is 18.2. The van der Waals surface area contributed by atoms with Gasteiger partial charge in [0, 0.05) is 29.5 Å². The molecule has 0 fully saturated rings. The number of benzene rings is 2. The topological polar surface area (TPSA) is 71.8 Å². The van der Waals surface area contributed by atoms with Crippen molar-refractivity contribution >= 4 is 28.4 Å². The highest BCUT2D eigenvalue weighted by molar-refractivity contribution is 6.00. The number of fused-ring (bicyclic) bond motifs is 1. The minimum atomic E-state index is -4.48. The number of nitrogens with zero attached hydrogens (tertiary/aromatic N) is 3. The molecule has 2 N–H and O–H groups in total. The van der Waals surface area contributed by atoms with E-state index in [0.29, 0.717) is 5.69 Å². The van der Waals surface area contributed by atoms with Crippen LogP contribution < -0.4 is 10.6 Å². The highest BCUT2D eigenvalue weighted by Gasteiger charge is 2.30. The lowest BCUT2D eigenvalue weighted by atomic mass is 9.99. The monoisotopic (exact) mass is 453 g/mol. The number of aromatic nitrogens is 3. The first-order valence-corrected chi connectivity index (χ1v) is 10.3. The highest BCUT2D eigenvalue weighted by Crippen LogP contribution is 2.32. The Balaban J connectivity index is 1.53. The zero-order chi connectivity index (χ0) is 23.8. The minimum absolute atomic E-state index is 0.0518. The smallest absolute Gasteiger partial charge is 0.308 e. The molecule has 0 aliphatic carbocycles. The molecule has 2 heterocycles. The van der Waals surface area contributed by atoms with Crippen LogP contribution >= 0.6 is 0 Å². The first kappa shape index (κ1) is 22.3. The molecule has 0 radical (unpaired) electrons. The summed E-state index contributed by atoms with van der Waals surface area (Å²) in [6.07, 6.45) is -2.71. The predicted octanol–water partition coefficient (Wildman–Crippen LogP) is 6.42. The van der Waals surface area contributed by atoms with Crippen molar-refractivity contribution in [3.8, 4) is 11.1 Å². The van der Waals surface area contributed by atoms with Crippen molar-refractivity contribution in [1.29, 1.82) is 0 Å². The predicted molar refractivity (Wildman–Crippen MR) is 122 cm³/mol. The summed E-state index contributed by atoms with van der Waals surface area (Å²) in [5.74, 6) is 0.239. The molecule has 0 bridgehead atoms. The molecule has 33 heavy (non-hydrogen) atoms. The molecule has 2 aromatic carbocycles. The Labute approximate surface area is 188 Å². The molecule has 0 aliphatic rings. The quantitative estimate of drug-likeness (QED) is 0.374. The van der Waals surface area contributed by atoms with E-state index in [4.69, 9.17) is 4.98 Å². The third-order valence-electron chi connectivity index (χ3n) is 5.22. The number of pyridine rings is 1. The minimum Gasteiger partial charge on any atom is -0.308 e. The fourth-order valence-electron chi connectivity index (χ4n) is 3.47. The van der Waals surface area contributed by atoms with Gasteiger partial charge in [-0.3, -0.25) is 4.68 Å². The van der Waals surface area contributed by atoms with Crippen LogP contribution in [0, 0.1) is 0 Å². The molecule has 0 atom stereocenters. The van der Waals surface area contributed by atoms with E-state index in [0.717, 1.165) is 40.0 Å². The van der Waals surface area contributed by atoms with E-state index >= 15 is 0 Å². The number of nitrogens with one attached hydrogen (secondary N) is 2. The summed E-state index contributed by atoms with van der Waals surface area (Å²) in [6, 6.07) is 13.1. The van der Waals surface area contributed by atoms with Gasteiger partial charge < -0.3 is 10.6 Å². The van der Waals surface area contributed by atoms with Gasteiger partial charge in [-0.1, -0.05) is 32.0 Å². The molecule has 6 nitrogen and oxygen atoms in total. The van der Waals surface area contributed by atoms with Crippen LogP contribution in [0.1, 0.15) is 31.0 Å². The Morgan fingerprint density at radius 3 is 2.36 bits per heavy atom. The Morgan fingerprint density at radius 2 is 1.70 bits per heavy atom. The van der Waals surface area contributed by atoms with Crippen molar-refractivity contribution in [3.63, 3.8) is 0 Å². The van der Waals surface area contributed by atoms with Crippen molar-refractivity contribution in [2.24, 2.45) is 7.05 Å².